The largest absolute Gasteiger partial charge is 0.508 e. The van der Waals surface area contributed by atoms with Crippen LogP contribution in [0.25, 0.3) is 11.1 Å². The molecule has 0 unspecified atom stereocenters. The van der Waals surface area contributed by atoms with E-state index in [2.05, 4.69) is 26.0 Å². The van der Waals surface area contributed by atoms with Crippen molar-refractivity contribution in [1.29, 1.82) is 0 Å². The highest BCUT2D eigenvalue weighted by Gasteiger charge is 2.29. The topological polar surface area (TPSA) is 29.5 Å². The second-order valence-electron chi connectivity index (χ2n) is 5.50. The highest BCUT2D eigenvalue weighted by atomic mass is 16.5. The number of ether oxygens (including phenoxy) is 1. The molecule has 0 saturated heterocycles. The van der Waals surface area contributed by atoms with Crippen molar-refractivity contribution in [1.82, 2.24) is 0 Å². The summed E-state index contributed by atoms with van der Waals surface area (Å²) in [5.41, 5.74) is 6.51. The highest BCUT2D eigenvalue weighted by molar-refractivity contribution is 5.98. The van der Waals surface area contributed by atoms with E-state index < -0.39 is 0 Å². The molecule has 1 aliphatic carbocycles. The van der Waals surface area contributed by atoms with Gasteiger partial charge in [-0.3, -0.25) is 0 Å². The van der Waals surface area contributed by atoms with Gasteiger partial charge in [0.15, 0.2) is 0 Å². The summed E-state index contributed by atoms with van der Waals surface area (Å²) in [5.74, 6) is 1.62. The van der Waals surface area contributed by atoms with Crippen LogP contribution in [-0.4, -0.2) is 12.2 Å². The molecule has 0 spiro atoms. The molecule has 2 aromatic rings. The maximum Gasteiger partial charge on any atom is 0.119 e. The van der Waals surface area contributed by atoms with Crippen LogP contribution in [0.15, 0.2) is 42.5 Å². The van der Waals surface area contributed by atoms with E-state index in [1.807, 2.05) is 18.2 Å². The lowest BCUT2D eigenvalue weighted by Crippen LogP contribution is -1.97. The molecule has 0 amide bonds. The number of rotatable bonds is 3. The van der Waals surface area contributed by atoms with Crippen LogP contribution in [0.4, 0.5) is 0 Å². The molecule has 21 heavy (non-hydrogen) atoms. The minimum absolute atomic E-state index is 0.308. The van der Waals surface area contributed by atoms with Gasteiger partial charge in [0.1, 0.15) is 11.5 Å². The first-order valence-corrected chi connectivity index (χ1v) is 7.34. The van der Waals surface area contributed by atoms with Gasteiger partial charge >= 0.3 is 0 Å². The summed E-state index contributed by atoms with van der Waals surface area (Å²) in [4.78, 5) is 0. The Labute approximate surface area is 125 Å². The van der Waals surface area contributed by atoms with Gasteiger partial charge in [0, 0.05) is 5.92 Å². The van der Waals surface area contributed by atoms with Crippen molar-refractivity contribution in [3.05, 3.63) is 59.2 Å². The molecule has 0 heterocycles. The van der Waals surface area contributed by atoms with Crippen LogP contribution >= 0.6 is 0 Å². The smallest absolute Gasteiger partial charge is 0.119 e. The Balaban J connectivity index is 2.15. The Bertz CT molecular complexity index is 696. The summed E-state index contributed by atoms with van der Waals surface area (Å²) < 4.78 is 5.36. The van der Waals surface area contributed by atoms with E-state index in [4.69, 9.17) is 4.74 Å². The minimum atomic E-state index is 0.308. The van der Waals surface area contributed by atoms with Crippen molar-refractivity contribution in [2.75, 3.05) is 7.11 Å². The molecule has 3 rings (SSSR count). The molecular formula is C19H20O2. The van der Waals surface area contributed by atoms with Crippen LogP contribution in [-0.2, 0) is 0 Å². The molecule has 2 heteroatoms. The number of phenolic OH excluding ortho intramolecular Hbond substituents is 1. The third-order valence-electron chi connectivity index (χ3n) is 4.38. The van der Waals surface area contributed by atoms with Crippen molar-refractivity contribution >= 4 is 11.1 Å². The number of phenols is 1. The SMILES string of the molecule is CC[C@@H]1C(c2ccc(O)cc2)=C(C)c2cc(OC)ccc21. The van der Waals surface area contributed by atoms with Crippen molar-refractivity contribution in [3.8, 4) is 11.5 Å². The van der Waals surface area contributed by atoms with E-state index in [1.54, 1.807) is 19.2 Å². The average Bonchev–Trinajstić information content (AvgIpc) is 2.80. The van der Waals surface area contributed by atoms with E-state index in [9.17, 15) is 5.11 Å². The van der Waals surface area contributed by atoms with Gasteiger partial charge in [-0.1, -0.05) is 25.1 Å². The lowest BCUT2D eigenvalue weighted by atomic mass is 9.89. The van der Waals surface area contributed by atoms with Crippen LogP contribution in [0.2, 0.25) is 0 Å². The summed E-state index contributed by atoms with van der Waals surface area (Å²) in [6, 6.07) is 13.9. The van der Waals surface area contributed by atoms with E-state index in [-0.39, 0.29) is 0 Å². The van der Waals surface area contributed by atoms with E-state index in [0.717, 1.165) is 12.2 Å². The number of hydrogen-bond donors (Lipinski definition) is 1. The third-order valence-corrected chi connectivity index (χ3v) is 4.38. The van der Waals surface area contributed by atoms with Gasteiger partial charge in [-0.05, 0) is 65.4 Å². The van der Waals surface area contributed by atoms with Gasteiger partial charge in [-0.25, -0.2) is 0 Å². The maximum atomic E-state index is 9.50. The molecule has 1 N–H and O–H groups in total. The monoisotopic (exact) mass is 280 g/mol. The van der Waals surface area contributed by atoms with Crippen LogP contribution in [0, 0.1) is 0 Å². The molecule has 2 aromatic carbocycles. The van der Waals surface area contributed by atoms with Crippen molar-refractivity contribution in [3.63, 3.8) is 0 Å². The molecule has 1 atom stereocenters. The number of aromatic hydroxyl groups is 1. The molecule has 0 aliphatic heterocycles. The van der Waals surface area contributed by atoms with Crippen molar-refractivity contribution < 1.29 is 9.84 Å². The number of fused-ring (bicyclic) bond motifs is 1. The first kappa shape index (κ1) is 13.7. The summed E-state index contributed by atoms with van der Waals surface area (Å²) >= 11 is 0. The predicted octanol–water partition coefficient (Wildman–Crippen LogP) is 4.84. The second kappa shape index (κ2) is 5.28. The first-order valence-electron chi connectivity index (χ1n) is 7.34. The Kier molecular flexibility index (Phi) is 3.46. The summed E-state index contributed by atoms with van der Waals surface area (Å²) in [6.45, 7) is 4.40. The zero-order chi connectivity index (χ0) is 15.0. The van der Waals surface area contributed by atoms with Gasteiger partial charge in [-0.15, -0.1) is 0 Å². The van der Waals surface area contributed by atoms with Crippen molar-refractivity contribution in [2.24, 2.45) is 0 Å². The number of hydrogen-bond acceptors (Lipinski definition) is 2. The predicted molar refractivity (Wildman–Crippen MR) is 86.6 cm³/mol. The fourth-order valence-corrected chi connectivity index (χ4v) is 3.34. The van der Waals surface area contributed by atoms with Gasteiger partial charge in [-0.2, -0.15) is 0 Å². The summed E-state index contributed by atoms with van der Waals surface area (Å²) in [7, 11) is 1.70. The van der Waals surface area contributed by atoms with Crippen LogP contribution in [0.1, 0.15) is 42.9 Å². The lowest BCUT2D eigenvalue weighted by Gasteiger charge is -2.15. The van der Waals surface area contributed by atoms with Gasteiger partial charge in [0.25, 0.3) is 0 Å². The summed E-state index contributed by atoms with van der Waals surface area (Å²) in [5, 5.41) is 9.50. The fourth-order valence-electron chi connectivity index (χ4n) is 3.34. The zero-order valence-corrected chi connectivity index (χ0v) is 12.7. The van der Waals surface area contributed by atoms with Gasteiger partial charge in [0.05, 0.1) is 7.11 Å². The van der Waals surface area contributed by atoms with Crippen molar-refractivity contribution in [2.45, 2.75) is 26.2 Å². The zero-order valence-electron chi connectivity index (χ0n) is 12.7. The summed E-state index contributed by atoms with van der Waals surface area (Å²) in [6.07, 6.45) is 1.06. The number of methoxy groups -OCH3 is 1. The third kappa shape index (κ3) is 2.21. The van der Waals surface area contributed by atoms with E-state index in [1.165, 1.54) is 27.8 Å². The molecule has 0 bridgehead atoms. The molecule has 0 saturated carbocycles. The van der Waals surface area contributed by atoms with E-state index in [0.29, 0.717) is 11.7 Å². The minimum Gasteiger partial charge on any atom is -0.508 e. The Hall–Kier alpha value is -2.22. The van der Waals surface area contributed by atoms with Crippen LogP contribution in [0.5, 0.6) is 11.5 Å². The normalized spacial score (nSPS) is 17.0. The maximum absolute atomic E-state index is 9.50. The Morgan fingerprint density at radius 2 is 1.81 bits per heavy atom. The van der Waals surface area contributed by atoms with Crippen LogP contribution < -0.4 is 4.74 Å². The van der Waals surface area contributed by atoms with Crippen LogP contribution in [0.3, 0.4) is 0 Å². The number of benzene rings is 2. The quantitative estimate of drug-likeness (QED) is 0.871. The highest BCUT2D eigenvalue weighted by Crippen LogP contribution is 2.49. The molecule has 0 fully saturated rings. The molecule has 0 aromatic heterocycles. The van der Waals surface area contributed by atoms with Gasteiger partial charge in [0.2, 0.25) is 0 Å². The molecule has 108 valence electrons. The Morgan fingerprint density at radius 3 is 2.43 bits per heavy atom. The Morgan fingerprint density at radius 1 is 1.10 bits per heavy atom. The molecule has 1 aliphatic rings. The molecule has 0 radical (unpaired) electrons. The average molecular weight is 280 g/mol. The standard InChI is InChI=1S/C19H20O2/c1-4-16-17-10-9-15(21-3)11-18(17)12(2)19(16)13-5-7-14(20)8-6-13/h5-11,16,20H,4H2,1-3H3/t16-/m0/s1. The fraction of sp³-hybridized carbons (Fsp3) is 0.263. The first-order chi connectivity index (χ1) is 10.2. The lowest BCUT2D eigenvalue weighted by molar-refractivity contribution is 0.414. The van der Waals surface area contributed by atoms with Gasteiger partial charge < -0.3 is 9.84 Å². The second-order valence-corrected chi connectivity index (χ2v) is 5.50. The van der Waals surface area contributed by atoms with E-state index >= 15 is 0 Å². The molecule has 2 nitrogen and oxygen atoms in total. The number of allylic oxidation sites excluding steroid dienone is 2. The molecular weight excluding hydrogens is 260 g/mol.